The standard InChI is InChI=1S/C14H11N3OS/c15-11-12-10(7-4-8-16-12)19-13(11)14(18)17-9-5-2-1-3-6-9/h1-8H,15H2,(H,17,18). The van der Waals surface area contributed by atoms with Crippen molar-refractivity contribution in [2.75, 3.05) is 11.1 Å². The summed E-state index contributed by atoms with van der Waals surface area (Å²) in [5.74, 6) is -0.202. The average Bonchev–Trinajstić information content (AvgIpc) is 2.78. The molecule has 0 saturated heterocycles. The van der Waals surface area contributed by atoms with Gasteiger partial charge < -0.3 is 11.1 Å². The molecular weight excluding hydrogens is 258 g/mol. The SMILES string of the molecule is Nc1c(C(=O)Nc2ccccc2)sc2cccnc12. The molecule has 0 saturated carbocycles. The van der Waals surface area contributed by atoms with E-state index >= 15 is 0 Å². The third-order valence-electron chi connectivity index (χ3n) is 2.72. The summed E-state index contributed by atoms with van der Waals surface area (Å²) >= 11 is 1.35. The van der Waals surface area contributed by atoms with Crippen LogP contribution < -0.4 is 11.1 Å². The highest BCUT2D eigenvalue weighted by molar-refractivity contribution is 7.21. The fraction of sp³-hybridized carbons (Fsp3) is 0. The van der Waals surface area contributed by atoms with E-state index in [2.05, 4.69) is 10.3 Å². The zero-order valence-electron chi connectivity index (χ0n) is 9.96. The molecule has 5 heteroatoms. The molecule has 2 aromatic heterocycles. The van der Waals surface area contributed by atoms with Crippen LogP contribution in [0.1, 0.15) is 9.67 Å². The molecular formula is C14H11N3OS. The smallest absolute Gasteiger partial charge is 0.267 e. The fourth-order valence-electron chi connectivity index (χ4n) is 1.83. The van der Waals surface area contributed by atoms with E-state index in [1.807, 2.05) is 42.5 Å². The maximum absolute atomic E-state index is 12.2. The van der Waals surface area contributed by atoms with Crippen LogP contribution >= 0.6 is 11.3 Å². The van der Waals surface area contributed by atoms with Gasteiger partial charge >= 0.3 is 0 Å². The molecule has 0 spiro atoms. The number of carbonyl (C=O) groups is 1. The number of nitrogens with zero attached hydrogens (tertiary/aromatic N) is 1. The number of rotatable bonds is 2. The van der Waals surface area contributed by atoms with Gasteiger partial charge in [0.25, 0.3) is 5.91 Å². The number of fused-ring (bicyclic) bond motifs is 1. The molecule has 1 amide bonds. The van der Waals surface area contributed by atoms with Gasteiger partial charge in [-0.05, 0) is 24.3 Å². The predicted octanol–water partition coefficient (Wildman–Crippen LogP) is 3.13. The van der Waals surface area contributed by atoms with Gasteiger partial charge in [0.1, 0.15) is 10.4 Å². The third kappa shape index (κ3) is 2.15. The Morgan fingerprint density at radius 1 is 1.16 bits per heavy atom. The van der Waals surface area contributed by atoms with E-state index in [9.17, 15) is 4.79 Å². The fourth-order valence-corrected chi connectivity index (χ4v) is 2.80. The van der Waals surface area contributed by atoms with Gasteiger partial charge in [-0.25, -0.2) is 0 Å². The zero-order chi connectivity index (χ0) is 13.2. The number of para-hydroxylation sites is 1. The van der Waals surface area contributed by atoms with Crippen LogP contribution in [0.3, 0.4) is 0 Å². The van der Waals surface area contributed by atoms with E-state index in [0.717, 1.165) is 10.4 Å². The van der Waals surface area contributed by atoms with E-state index in [1.165, 1.54) is 11.3 Å². The molecule has 0 radical (unpaired) electrons. The molecule has 0 aliphatic heterocycles. The average molecular weight is 269 g/mol. The largest absolute Gasteiger partial charge is 0.396 e. The number of pyridine rings is 1. The summed E-state index contributed by atoms with van der Waals surface area (Å²) in [7, 11) is 0. The molecule has 19 heavy (non-hydrogen) atoms. The molecule has 0 bridgehead atoms. The third-order valence-corrected chi connectivity index (χ3v) is 3.88. The van der Waals surface area contributed by atoms with E-state index < -0.39 is 0 Å². The van der Waals surface area contributed by atoms with Crippen molar-refractivity contribution in [3.05, 3.63) is 53.5 Å². The maximum Gasteiger partial charge on any atom is 0.267 e. The van der Waals surface area contributed by atoms with Gasteiger partial charge in [-0.1, -0.05) is 18.2 Å². The Bertz CT molecular complexity index is 737. The summed E-state index contributed by atoms with van der Waals surface area (Å²) in [6.45, 7) is 0. The summed E-state index contributed by atoms with van der Waals surface area (Å²) in [5.41, 5.74) is 7.85. The summed E-state index contributed by atoms with van der Waals surface area (Å²) < 4.78 is 0.915. The minimum atomic E-state index is -0.202. The van der Waals surface area contributed by atoms with Gasteiger partial charge in [-0.2, -0.15) is 0 Å². The topological polar surface area (TPSA) is 68.0 Å². The molecule has 3 rings (SSSR count). The number of amides is 1. The van der Waals surface area contributed by atoms with Crippen molar-refractivity contribution in [1.29, 1.82) is 0 Å². The van der Waals surface area contributed by atoms with E-state index in [1.54, 1.807) is 6.20 Å². The number of hydrogen-bond acceptors (Lipinski definition) is 4. The maximum atomic E-state index is 12.2. The Kier molecular flexibility index (Phi) is 2.89. The predicted molar refractivity (Wildman–Crippen MR) is 78.4 cm³/mol. The second-order valence-corrected chi connectivity index (χ2v) is 5.07. The first-order valence-electron chi connectivity index (χ1n) is 5.75. The van der Waals surface area contributed by atoms with Crippen LogP contribution in [0.15, 0.2) is 48.7 Å². The first-order valence-corrected chi connectivity index (χ1v) is 6.57. The number of nitrogens with two attached hydrogens (primary N) is 1. The van der Waals surface area contributed by atoms with Crippen LogP contribution in [0.25, 0.3) is 10.2 Å². The molecule has 0 fully saturated rings. The lowest BCUT2D eigenvalue weighted by Crippen LogP contribution is -2.11. The molecule has 1 aromatic carbocycles. The Morgan fingerprint density at radius 2 is 1.95 bits per heavy atom. The van der Waals surface area contributed by atoms with Crippen molar-refractivity contribution in [2.24, 2.45) is 0 Å². The molecule has 0 unspecified atom stereocenters. The monoisotopic (exact) mass is 269 g/mol. The molecule has 2 heterocycles. The number of thiophene rings is 1. The van der Waals surface area contributed by atoms with Crippen LogP contribution in [-0.2, 0) is 0 Å². The van der Waals surface area contributed by atoms with Gasteiger partial charge in [-0.15, -0.1) is 11.3 Å². The van der Waals surface area contributed by atoms with Crippen LogP contribution in [0, 0.1) is 0 Å². The quantitative estimate of drug-likeness (QED) is 0.751. The molecule has 94 valence electrons. The molecule has 3 N–H and O–H groups in total. The Labute approximate surface area is 113 Å². The summed E-state index contributed by atoms with van der Waals surface area (Å²) in [4.78, 5) is 16.9. The van der Waals surface area contributed by atoms with E-state index in [4.69, 9.17) is 5.73 Å². The second-order valence-electron chi connectivity index (χ2n) is 4.02. The highest BCUT2D eigenvalue weighted by atomic mass is 32.1. The van der Waals surface area contributed by atoms with Crippen LogP contribution in [0.5, 0.6) is 0 Å². The van der Waals surface area contributed by atoms with Crippen molar-refractivity contribution >= 4 is 38.8 Å². The van der Waals surface area contributed by atoms with E-state index in [-0.39, 0.29) is 5.91 Å². The number of nitrogens with one attached hydrogen (secondary N) is 1. The lowest BCUT2D eigenvalue weighted by Gasteiger charge is -2.03. The lowest BCUT2D eigenvalue weighted by atomic mass is 10.3. The van der Waals surface area contributed by atoms with Crippen molar-refractivity contribution in [3.8, 4) is 0 Å². The molecule has 0 aliphatic carbocycles. The summed E-state index contributed by atoms with van der Waals surface area (Å²) in [6, 6.07) is 13.0. The van der Waals surface area contributed by atoms with Gasteiger partial charge in [0.05, 0.1) is 10.4 Å². The van der Waals surface area contributed by atoms with Crippen molar-refractivity contribution in [3.63, 3.8) is 0 Å². The zero-order valence-corrected chi connectivity index (χ0v) is 10.8. The number of aromatic nitrogens is 1. The van der Waals surface area contributed by atoms with Gasteiger partial charge in [0.15, 0.2) is 0 Å². The number of hydrogen-bond donors (Lipinski definition) is 2. The summed E-state index contributed by atoms with van der Waals surface area (Å²) in [5, 5.41) is 2.82. The second kappa shape index (κ2) is 4.70. The molecule has 4 nitrogen and oxygen atoms in total. The minimum Gasteiger partial charge on any atom is -0.396 e. The number of anilines is 2. The van der Waals surface area contributed by atoms with Crippen molar-refractivity contribution in [2.45, 2.75) is 0 Å². The number of benzene rings is 1. The first kappa shape index (κ1) is 11.7. The van der Waals surface area contributed by atoms with Crippen molar-refractivity contribution < 1.29 is 4.79 Å². The molecule has 3 aromatic rings. The van der Waals surface area contributed by atoms with Crippen LogP contribution in [0.2, 0.25) is 0 Å². The summed E-state index contributed by atoms with van der Waals surface area (Å²) in [6.07, 6.45) is 1.67. The highest BCUT2D eigenvalue weighted by Crippen LogP contribution is 2.32. The van der Waals surface area contributed by atoms with Crippen molar-refractivity contribution in [1.82, 2.24) is 4.98 Å². The van der Waals surface area contributed by atoms with Gasteiger partial charge in [0.2, 0.25) is 0 Å². The lowest BCUT2D eigenvalue weighted by molar-refractivity contribution is 0.103. The van der Waals surface area contributed by atoms with Gasteiger partial charge in [-0.3, -0.25) is 9.78 Å². The Balaban J connectivity index is 1.96. The Morgan fingerprint density at radius 3 is 2.68 bits per heavy atom. The first-order chi connectivity index (χ1) is 9.25. The van der Waals surface area contributed by atoms with Gasteiger partial charge in [0, 0.05) is 11.9 Å². The highest BCUT2D eigenvalue weighted by Gasteiger charge is 2.16. The minimum absolute atomic E-state index is 0.202. The van der Waals surface area contributed by atoms with E-state index in [0.29, 0.717) is 16.1 Å². The number of carbonyl (C=O) groups excluding carboxylic acids is 1. The molecule has 0 aliphatic rings. The molecule has 0 atom stereocenters. The Hall–Kier alpha value is -2.40. The van der Waals surface area contributed by atoms with Crippen LogP contribution in [0.4, 0.5) is 11.4 Å². The van der Waals surface area contributed by atoms with Crippen LogP contribution in [-0.4, -0.2) is 10.9 Å². The number of nitrogen functional groups attached to an aromatic ring is 1. The normalized spacial score (nSPS) is 10.5.